The molecule has 1 amide bonds. The van der Waals surface area contributed by atoms with Crippen LogP contribution in [-0.2, 0) is 10.0 Å². The third-order valence-corrected chi connectivity index (χ3v) is 8.27. The zero-order valence-corrected chi connectivity index (χ0v) is 22.0. The molecule has 9 heteroatoms. The van der Waals surface area contributed by atoms with Crippen molar-refractivity contribution in [2.24, 2.45) is 5.10 Å². The molecule has 0 N–H and O–H groups in total. The van der Waals surface area contributed by atoms with E-state index < -0.39 is 15.9 Å². The van der Waals surface area contributed by atoms with E-state index in [9.17, 15) is 13.2 Å². The van der Waals surface area contributed by atoms with Gasteiger partial charge in [-0.25, -0.2) is 13.4 Å². The highest BCUT2D eigenvalue weighted by molar-refractivity contribution is 7.89. The Morgan fingerprint density at radius 3 is 2.32 bits per heavy atom. The van der Waals surface area contributed by atoms with E-state index in [4.69, 9.17) is 0 Å². The number of thiazole rings is 1. The Balaban J connectivity index is 1.69. The number of hydrogen-bond donors (Lipinski definition) is 0. The van der Waals surface area contributed by atoms with E-state index in [2.05, 4.69) is 23.2 Å². The molecule has 0 spiro atoms. The highest BCUT2D eigenvalue weighted by atomic mass is 32.2. The van der Waals surface area contributed by atoms with Gasteiger partial charge in [0, 0.05) is 18.7 Å². The topological polar surface area (TPSA) is 82.9 Å². The molecule has 188 valence electrons. The Hall–Kier alpha value is -3.92. The van der Waals surface area contributed by atoms with Crippen LogP contribution < -0.4 is 5.01 Å². The van der Waals surface area contributed by atoms with Crippen LogP contribution in [0.2, 0.25) is 0 Å². The second kappa shape index (κ2) is 11.4. The van der Waals surface area contributed by atoms with Crippen molar-refractivity contribution in [1.82, 2.24) is 9.29 Å². The summed E-state index contributed by atoms with van der Waals surface area (Å²) in [6.45, 7) is 9.54. The Labute approximate surface area is 220 Å². The van der Waals surface area contributed by atoms with Gasteiger partial charge in [-0.15, -0.1) is 13.2 Å². The van der Waals surface area contributed by atoms with E-state index in [-0.39, 0.29) is 23.5 Å². The number of anilines is 1. The first-order chi connectivity index (χ1) is 17.8. The van der Waals surface area contributed by atoms with Crippen LogP contribution in [0, 0.1) is 6.92 Å². The number of aryl methyl sites for hydroxylation is 1. The molecular formula is C28H26N4O3S2. The van der Waals surface area contributed by atoms with Crippen LogP contribution in [-0.4, -0.2) is 42.9 Å². The summed E-state index contributed by atoms with van der Waals surface area (Å²) >= 11 is 1.36. The fourth-order valence-electron chi connectivity index (χ4n) is 3.56. The van der Waals surface area contributed by atoms with Crippen LogP contribution in [0.15, 0.2) is 108 Å². The van der Waals surface area contributed by atoms with Gasteiger partial charge in [-0.3, -0.25) is 4.79 Å². The Kier molecular flexibility index (Phi) is 8.08. The molecule has 7 nitrogen and oxygen atoms in total. The fraction of sp³-hybridized carbons (Fsp3) is 0.107. The van der Waals surface area contributed by atoms with Gasteiger partial charge in [0.1, 0.15) is 0 Å². The highest BCUT2D eigenvalue weighted by Crippen LogP contribution is 2.31. The van der Waals surface area contributed by atoms with Crippen LogP contribution in [0.25, 0.3) is 10.2 Å². The van der Waals surface area contributed by atoms with Crippen molar-refractivity contribution in [3.8, 4) is 0 Å². The van der Waals surface area contributed by atoms with Gasteiger partial charge in [-0.1, -0.05) is 59.9 Å². The molecule has 0 fully saturated rings. The van der Waals surface area contributed by atoms with Crippen LogP contribution >= 0.6 is 11.3 Å². The minimum atomic E-state index is -3.78. The molecule has 0 saturated carbocycles. The van der Waals surface area contributed by atoms with Crippen LogP contribution in [0.5, 0.6) is 0 Å². The summed E-state index contributed by atoms with van der Waals surface area (Å²) in [7, 11) is -3.78. The van der Waals surface area contributed by atoms with Gasteiger partial charge in [0.25, 0.3) is 5.91 Å². The summed E-state index contributed by atoms with van der Waals surface area (Å²) in [4.78, 5) is 18.3. The first kappa shape index (κ1) is 26.2. The Morgan fingerprint density at radius 2 is 1.68 bits per heavy atom. The monoisotopic (exact) mass is 530 g/mol. The number of benzene rings is 3. The van der Waals surface area contributed by atoms with Crippen LogP contribution in [0.3, 0.4) is 0 Å². The average Bonchev–Trinajstić information content (AvgIpc) is 3.32. The Morgan fingerprint density at radius 1 is 1.00 bits per heavy atom. The number of sulfonamides is 1. The number of fused-ring (bicyclic) bond motifs is 1. The highest BCUT2D eigenvalue weighted by Gasteiger charge is 2.25. The van der Waals surface area contributed by atoms with E-state index in [1.807, 2.05) is 55.5 Å². The maximum absolute atomic E-state index is 13.6. The van der Waals surface area contributed by atoms with Crippen molar-refractivity contribution in [2.45, 2.75) is 11.8 Å². The number of hydrazone groups is 1. The SMILES string of the molecule is C=CCN(CC=C)S(=O)(=O)c1ccc(C(=O)N(/N=C/c2ccccc2)c2nc3ccc(C)cc3s2)cc1. The number of rotatable bonds is 10. The van der Waals surface area contributed by atoms with Crippen molar-refractivity contribution in [3.05, 3.63) is 115 Å². The standard InChI is InChI=1S/C28H26N4O3S2/c1-4-17-31(18-5-2)37(34,35)24-14-12-23(13-15-24)27(33)32(29-20-22-9-7-6-8-10-22)28-30-25-16-11-21(3)19-26(25)36-28/h4-16,19-20H,1-2,17-18H2,3H3/b29-20+. The molecule has 0 atom stereocenters. The molecule has 0 saturated heterocycles. The predicted molar refractivity (Wildman–Crippen MR) is 151 cm³/mol. The smallest absolute Gasteiger partial charge is 0.267 e. The number of nitrogens with zero attached hydrogens (tertiary/aromatic N) is 4. The van der Waals surface area contributed by atoms with Crippen molar-refractivity contribution < 1.29 is 13.2 Å². The second-order valence-corrected chi connectivity index (χ2v) is 11.1. The van der Waals surface area contributed by atoms with Crippen molar-refractivity contribution >= 4 is 48.8 Å². The lowest BCUT2D eigenvalue weighted by Crippen LogP contribution is -2.31. The van der Waals surface area contributed by atoms with Crippen molar-refractivity contribution in [3.63, 3.8) is 0 Å². The lowest BCUT2D eigenvalue weighted by Gasteiger charge is -2.19. The van der Waals surface area contributed by atoms with E-state index >= 15 is 0 Å². The minimum Gasteiger partial charge on any atom is -0.267 e. The normalized spacial score (nSPS) is 11.7. The first-order valence-corrected chi connectivity index (χ1v) is 13.7. The lowest BCUT2D eigenvalue weighted by molar-refractivity contribution is 0.0987. The summed E-state index contributed by atoms with van der Waals surface area (Å²) in [6, 6.07) is 21.1. The van der Waals surface area contributed by atoms with Gasteiger partial charge in [-0.05, 0) is 54.4 Å². The third kappa shape index (κ3) is 5.91. The molecule has 4 aromatic rings. The largest absolute Gasteiger partial charge is 0.280 e. The van der Waals surface area contributed by atoms with Gasteiger partial charge in [0.2, 0.25) is 15.2 Å². The molecule has 0 aliphatic carbocycles. The zero-order chi connectivity index (χ0) is 26.4. The van der Waals surface area contributed by atoms with Gasteiger partial charge >= 0.3 is 0 Å². The Bertz CT molecular complexity index is 1550. The van der Waals surface area contributed by atoms with Gasteiger partial charge in [0.15, 0.2) is 0 Å². The predicted octanol–water partition coefficient (Wildman–Crippen LogP) is 5.65. The quantitative estimate of drug-likeness (QED) is 0.151. The first-order valence-electron chi connectivity index (χ1n) is 11.5. The summed E-state index contributed by atoms with van der Waals surface area (Å²) in [5.74, 6) is -0.430. The minimum absolute atomic E-state index is 0.0718. The number of aromatic nitrogens is 1. The summed E-state index contributed by atoms with van der Waals surface area (Å²) in [5.41, 5.74) is 2.96. The van der Waals surface area contributed by atoms with Gasteiger partial charge < -0.3 is 0 Å². The summed E-state index contributed by atoms with van der Waals surface area (Å²) < 4.78 is 28.3. The number of carbonyl (C=O) groups is 1. The molecule has 0 bridgehead atoms. The zero-order valence-electron chi connectivity index (χ0n) is 20.3. The molecule has 0 aliphatic rings. The summed E-state index contributed by atoms with van der Waals surface area (Å²) in [5, 5.41) is 6.13. The van der Waals surface area contributed by atoms with Crippen LogP contribution in [0.1, 0.15) is 21.5 Å². The number of amides is 1. The average molecular weight is 531 g/mol. The van der Waals surface area contributed by atoms with E-state index in [0.717, 1.165) is 21.3 Å². The molecule has 0 unspecified atom stereocenters. The molecule has 3 aromatic carbocycles. The molecular weight excluding hydrogens is 504 g/mol. The molecule has 0 aliphatic heterocycles. The fourth-order valence-corrected chi connectivity index (χ4v) is 5.96. The maximum atomic E-state index is 13.6. The van der Waals surface area contributed by atoms with Crippen molar-refractivity contribution in [1.29, 1.82) is 0 Å². The van der Waals surface area contributed by atoms with Gasteiger partial charge in [-0.2, -0.15) is 14.4 Å². The third-order valence-electron chi connectivity index (χ3n) is 5.43. The summed E-state index contributed by atoms with van der Waals surface area (Å²) in [6.07, 6.45) is 4.62. The molecule has 37 heavy (non-hydrogen) atoms. The second-order valence-electron chi connectivity index (χ2n) is 8.16. The lowest BCUT2D eigenvalue weighted by atomic mass is 10.2. The molecule has 1 aromatic heterocycles. The number of hydrogen-bond acceptors (Lipinski definition) is 6. The van der Waals surface area contributed by atoms with Crippen molar-refractivity contribution in [2.75, 3.05) is 18.1 Å². The van der Waals surface area contributed by atoms with Gasteiger partial charge in [0.05, 0.1) is 21.3 Å². The van der Waals surface area contributed by atoms with Crippen LogP contribution in [0.4, 0.5) is 5.13 Å². The molecule has 0 radical (unpaired) electrons. The number of carbonyl (C=O) groups excluding carboxylic acids is 1. The van der Waals surface area contributed by atoms with E-state index in [1.165, 1.54) is 57.1 Å². The molecule has 1 heterocycles. The van der Waals surface area contributed by atoms with E-state index in [1.54, 1.807) is 6.21 Å². The molecule has 4 rings (SSSR count). The maximum Gasteiger partial charge on any atom is 0.280 e. The van der Waals surface area contributed by atoms with E-state index in [0.29, 0.717) is 5.13 Å².